The molecule has 0 saturated carbocycles. The minimum atomic E-state index is 0. The number of aromatic nitrogens is 1. The molecule has 0 spiro atoms. The van der Waals surface area contributed by atoms with Gasteiger partial charge in [-0.05, 0) is 31.4 Å². The molecular weight excluding hydrogens is 395 g/mol. The predicted octanol–water partition coefficient (Wildman–Crippen LogP) is 1.56. The molecule has 122 valence electrons. The summed E-state index contributed by atoms with van der Waals surface area (Å²) in [5, 5.41) is 6.71. The van der Waals surface area contributed by atoms with Crippen LogP contribution in [-0.4, -0.2) is 49.4 Å². The van der Waals surface area contributed by atoms with E-state index in [0.717, 1.165) is 24.6 Å². The lowest BCUT2D eigenvalue weighted by atomic mass is 9.96. The summed E-state index contributed by atoms with van der Waals surface area (Å²) in [6.45, 7) is 1.26. The van der Waals surface area contributed by atoms with Gasteiger partial charge in [0, 0.05) is 13.2 Å². The average Bonchev–Trinajstić information content (AvgIpc) is 3.14. The fraction of sp³-hybridized carbons (Fsp3) is 0.600. The van der Waals surface area contributed by atoms with Gasteiger partial charge < -0.3 is 20.1 Å². The predicted molar refractivity (Wildman–Crippen MR) is 95.9 cm³/mol. The molecule has 2 bridgehead atoms. The van der Waals surface area contributed by atoms with Crippen LogP contribution in [0.5, 0.6) is 5.75 Å². The normalized spacial score (nSPS) is 26.4. The molecule has 6 nitrogen and oxygen atoms in total. The number of hydrogen-bond donors (Lipinski definition) is 2. The summed E-state index contributed by atoms with van der Waals surface area (Å²) in [6.07, 6.45) is 7.67. The third-order valence-electron chi connectivity index (χ3n) is 3.95. The summed E-state index contributed by atoms with van der Waals surface area (Å²) in [5.74, 6) is 1.59. The molecule has 7 heteroatoms. The van der Waals surface area contributed by atoms with Crippen molar-refractivity contribution in [2.24, 2.45) is 4.99 Å². The van der Waals surface area contributed by atoms with Gasteiger partial charge >= 0.3 is 0 Å². The minimum absolute atomic E-state index is 0. The van der Waals surface area contributed by atoms with Crippen LogP contribution in [0.2, 0.25) is 0 Å². The van der Waals surface area contributed by atoms with Crippen LogP contribution >= 0.6 is 24.0 Å². The second-order valence-corrected chi connectivity index (χ2v) is 5.40. The molecule has 2 aliphatic rings. The van der Waals surface area contributed by atoms with E-state index in [1.165, 1.54) is 6.42 Å². The smallest absolute Gasteiger partial charge is 0.191 e. The maximum atomic E-state index is 5.84. The zero-order chi connectivity index (χ0) is 14.5. The van der Waals surface area contributed by atoms with Gasteiger partial charge in [-0.25, -0.2) is 0 Å². The van der Waals surface area contributed by atoms with Crippen LogP contribution in [0.1, 0.15) is 19.3 Å². The van der Waals surface area contributed by atoms with Gasteiger partial charge in [-0.1, -0.05) is 0 Å². The number of aliphatic imine (C=N–C) groups is 1. The van der Waals surface area contributed by atoms with E-state index in [2.05, 4.69) is 20.6 Å². The topological polar surface area (TPSA) is 67.8 Å². The first kappa shape index (κ1) is 17.3. The maximum absolute atomic E-state index is 5.84. The minimum Gasteiger partial charge on any atom is -0.490 e. The quantitative estimate of drug-likeness (QED) is 0.329. The Labute approximate surface area is 148 Å². The Kier molecular flexibility index (Phi) is 6.69. The molecule has 0 aromatic carbocycles. The van der Waals surface area contributed by atoms with Crippen LogP contribution in [0.15, 0.2) is 29.5 Å². The number of hydrogen-bond acceptors (Lipinski definition) is 4. The van der Waals surface area contributed by atoms with Crippen molar-refractivity contribution in [3.63, 3.8) is 0 Å². The summed E-state index contributed by atoms with van der Waals surface area (Å²) in [5.41, 5.74) is 0. The monoisotopic (exact) mass is 418 g/mol. The Balaban J connectivity index is 0.00000176. The molecule has 2 aliphatic heterocycles. The molecule has 2 saturated heterocycles. The SMILES string of the molecule is CN=C(NCCOc1cccnc1)NC1CC2CCC1O2.I. The van der Waals surface area contributed by atoms with Gasteiger partial charge in [0.1, 0.15) is 12.4 Å². The molecule has 22 heavy (non-hydrogen) atoms. The van der Waals surface area contributed by atoms with Crippen LogP contribution in [0.3, 0.4) is 0 Å². The summed E-state index contributed by atoms with van der Waals surface area (Å²) < 4.78 is 11.4. The Hall–Kier alpha value is -1.09. The lowest BCUT2D eigenvalue weighted by Gasteiger charge is -2.22. The molecular formula is C15H23IN4O2. The zero-order valence-electron chi connectivity index (χ0n) is 12.7. The van der Waals surface area contributed by atoms with Crippen LogP contribution in [0.4, 0.5) is 0 Å². The standard InChI is InChI=1S/C15H22N4O2.HI/c1-16-15(19-13-9-11-4-5-14(13)21-11)18-7-8-20-12-3-2-6-17-10-12;/h2-3,6,10-11,13-14H,4-5,7-9H2,1H3,(H2,16,18,19);1H. The molecule has 3 unspecified atom stereocenters. The number of pyridine rings is 1. The highest BCUT2D eigenvalue weighted by Gasteiger charge is 2.41. The Morgan fingerprint density at radius 3 is 3.05 bits per heavy atom. The van der Waals surface area contributed by atoms with Gasteiger partial charge in [0.25, 0.3) is 0 Å². The number of halogens is 1. The highest BCUT2D eigenvalue weighted by molar-refractivity contribution is 14.0. The number of fused-ring (bicyclic) bond motifs is 2. The number of nitrogens with one attached hydrogen (secondary N) is 2. The number of ether oxygens (including phenoxy) is 2. The van der Waals surface area contributed by atoms with Crippen molar-refractivity contribution in [3.8, 4) is 5.75 Å². The Bertz CT molecular complexity index is 486. The van der Waals surface area contributed by atoms with Crippen molar-refractivity contribution in [2.75, 3.05) is 20.2 Å². The third-order valence-corrected chi connectivity index (χ3v) is 3.95. The van der Waals surface area contributed by atoms with Gasteiger partial charge in [0.2, 0.25) is 0 Å². The Morgan fingerprint density at radius 1 is 1.50 bits per heavy atom. The molecule has 0 aliphatic carbocycles. The lowest BCUT2D eigenvalue weighted by Crippen LogP contribution is -2.48. The van der Waals surface area contributed by atoms with Gasteiger partial charge in [0.05, 0.1) is 31.0 Å². The van der Waals surface area contributed by atoms with Crippen molar-refractivity contribution >= 4 is 29.9 Å². The van der Waals surface area contributed by atoms with E-state index in [1.807, 2.05) is 12.1 Å². The summed E-state index contributed by atoms with van der Waals surface area (Å²) in [6, 6.07) is 4.14. The van der Waals surface area contributed by atoms with Crippen LogP contribution in [-0.2, 0) is 4.74 Å². The van der Waals surface area contributed by atoms with E-state index in [9.17, 15) is 0 Å². The third kappa shape index (κ3) is 4.45. The average molecular weight is 418 g/mol. The van der Waals surface area contributed by atoms with E-state index in [-0.39, 0.29) is 24.0 Å². The first-order chi connectivity index (χ1) is 10.3. The molecule has 1 aromatic heterocycles. The van der Waals surface area contributed by atoms with Crippen molar-refractivity contribution in [1.29, 1.82) is 0 Å². The van der Waals surface area contributed by atoms with E-state index < -0.39 is 0 Å². The van der Waals surface area contributed by atoms with Crippen LogP contribution < -0.4 is 15.4 Å². The number of rotatable bonds is 5. The molecule has 0 radical (unpaired) electrons. The van der Waals surface area contributed by atoms with Gasteiger partial charge in [-0.15, -0.1) is 24.0 Å². The van der Waals surface area contributed by atoms with Crippen LogP contribution in [0.25, 0.3) is 0 Å². The second kappa shape index (κ2) is 8.52. The van der Waals surface area contributed by atoms with Gasteiger partial charge in [-0.2, -0.15) is 0 Å². The number of guanidine groups is 1. The first-order valence-electron chi connectivity index (χ1n) is 7.50. The van der Waals surface area contributed by atoms with E-state index in [0.29, 0.717) is 31.4 Å². The zero-order valence-corrected chi connectivity index (χ0v) is 15.0. The highest BCUT2D eigenvalue weighted by Crippen LogP contribution is 2.34. The summed E-state index contributed by atoms with van der Waals surface area (Å²) >= 11 is 0. The molecule has 0 amide bonds. The van der Waals surface area contributed by atoms with Gasteiger partial charge in [0.15, 0.2) is 5.96 Å². The largest absolute Gasteiger partial charge is 0.490 e. The molecule has 1 aromatic rings. The van der Waals surface area contributed by atoms with Crippen molar-refractivity contribution in [1.82, 2.24) is 15.6 Å². The molecule has 2 N–H and O–H groups in total. The summed E-state index contributed by atoms with van der Waals surface area (Å²) in [7, 11) is 1.78. The van der Waals surface area contributed by atoms with Crippen molar-refractivity contribution in [3.05, 3.63) is 24.5 Å². The molecule has 2 fully saturated rings. The second-order valence-electron chi connectivity index (χ2n) is 5.40. The van der Waals surface area contributed by atoms with E-state index in [1.54, 1.807) is 19.4 Å². The Morgan fingerprint density at radius 2 is 2.41 bits per heavy atom. The molecule has 3 heterocycles. The number of nitrogens with zero attached hydrogens (tertiary/aromatic N) is 2. The fourth-order valence-corrected chi connectivity index (χ4v) is 2.93. The lowest BCUT2D eigenvalue weighted by molar-refractivity contribution is 0.0992. The van der Waals surface area contributed by atoms with Crippen LogP contribution in [0, 0.1) is 0 Å². The highest BCUT2D eigenvalue weighted by atomic mass is 127. The summed E-state index contributed by atoms with van der Waals surface area (Å²) in [4.78, 5) is 8.26. The maximum Gasteiger partial charge on any atom is 0.191 e. The molecule has 3 atom stereocenters. The van der Waals surface area contributed by atoms with Crippen molar-refractivity contribution < 1.29 is 9.47 Å². The molecule has 3 rings (SSSR count). The first-order valence-corrected chi connectivity index (χ1v) is 7.50. The van der Waals surface area contributed by atoms with Gasteiger partial charge in [-0.3, -0.25) is 9.98 Å². The van der Waals surface area contributed by atoms with Crippen molar-refractivity contribution in [2.45, 2.75) is 37.5 Å². The van der Waals surface area contributed by atoms with E-state index >= 15 is 0 Å². The fourth-order valence-electron chi connectivity index (χ4n) is 2.93. The van der Waals surface area contributed by atoms with E-state index in [4.69, 9.17) is 9.47 Å².